The van der Waals surface area contributed by atoms with Crippen LogP contribution in [-0.4, -0.2) is 24.2 Å². The molecule has 0 fully saturated rings. The van der Waals surface area contributed by atoms with Crippen molar-refractivity contribution in [2.24, 2.45) is 0 Å². The number of hydrogen-bond donors (Lipinski definition) is 1. The van der Waals surface area contributed by atoms with E-state index < -0.39 is 0 Å². The van der Waals surface area contributed by atoms with Crippen molar-refractivity contribution < 1.29 is 9.47 Å². The number of benzene rings is 1. The molecule has 1 N–H and O–H groups in total. The van der Waals surface area contributed by atoms with E-state index in [1.807, 2.05) is 12.1 Å². The second-order valence-corrected chi connectivity index (χ2v) is 5.47. The summed E-state index contributed by atoms with van der Waals surface area (Å²) in [6, 6.07) is 9.01. The molecule has 0 saturated heterocycles. The van der Waals surface area contributed by atoms with Gasteiger partial charge in [0.2, 0.25) is 0 Å². The van der Waals surface area contributed by atoms with E-state index in [1.165, 1.54) is 0 Å². The van der Waals surface area contributed by atoms with Crippen LogP contribution in [0.1, 0.15) is 11.3 Å². The molecule has 0 amide bonds. The summed E-state index contributed by atoms with van der Waals surface area (Å²) < 4.78 is 10.5. The summed E-state index contributed by atoms with van der Waals surface area (Å²) in [5, 5.41) is 1.79. The van der Waals surface area contributed by atoms with Crippen molar-refractivity contribution in [2.75, 3.05) is 14.2 Å². The SMILES string of the molecule is COc1cc2cc(Cc3ccc(Cl)nc3)[nH]c(=O)c2cc1OC. The normalized spacial score (nSPS) is 10.7. The third kappa shape index (κ3) is 3.14. The standard InChI is InChI=1S/C17H15ClN2O3/c1-22-14-7-11-6-12(5-10-3-4-16(18)19-9-10)20-17(21)13(11)8-15(14)23-2/h3-4,6-9H,5H2,1-2H3,(H,20,21). The zero-order valence-corrected chi connectivity index (χ0v) is 13.5. The quantitative estimate of drug-likeness (QED) is 0.746. The van der Waals surface area contributed by atoms with E-state index >= 15 is 0 Å². The minimum absolute atomic E-state index is 0.166. The van der Waals surface area contributed by atoms with Crippen LogP contribution in [0.5, 0.6) is 11.5 Å². The van der Waals surface area contributed by atoms with E-state index in [4.69, 9.17) is 21.1 Å². The summed E-state index contributed by atoms with van der Waals surface area (Å²) in [5.41, 5.74) is 1.59. The van der Waals surface area contributed by atoms with Crippen LogP contribution in [0.25, 0.3) is 10.8 Å². The smallest absolute Gasteiger partial charge is 0.256 e. The summed E-state index contributed by atoms with van der Waals surface area (Å²) in [7, 11) is 3.11. The molecule has 3 rings (SSSR count). The lowest BCUT2D eigenvalue weighted by atomic mass is 10.1. The van der Waals surface area contributed by atoms with Gasteiger partial charge in [-0.2, -0.15) is 0 Å². The molecule has 0 aliphatic carbocycles. The zero-order chi connectivity index (χ0) is 16.4. The first-order valence-corrected chi connectivity index (χ1v) is 7.37. The van der Waals surface area contributed by atoms with Gasteiger partial charge in [0.15, 0.2) is 11.5 Å². The number of ether oxygens (including phenoxy) is 2. The molecule has 0 radical (unpaired) electrons. The Morgan fingerprint density at radius 1 is 1.13 bits per heavy atom. The van der Waals surface area contributed by atoms with Gasteiger partial charge < -0.3 is 14.5 Å². The van der Waals surface area contributed by atoms with Crippen LogP contribution in [0.15, 0.2) is 41.3 Å². The summed E-state index contributed by atoms with van der Waals surface area (Å²) in [6.45, 7) is 0. The van der Waals surface area contributed by atoms with E-state index in [0.717, 1.165) is 16.6 Å². The molecule has 6 heteroatoms. The van der Waals surface area contributed by atoms with Crippen molar-refractivity contribution in [2.45, 2.75) is 6.42 Å². The van der Waals surface area contributed by atoms with Crippen LogP contribution in [0.2, 0.25) is 5.15 Å². The van der Waals surface area contributed by atoms with Gasteiger partial charge in [-0.05, 0) is 35.2 Å². The maximum absolute atomic E-state index is 12.3. The van der Waals surface area contributed by atoms with Gasteiger partial charge in [-0.25, -0.2) is 4.98 Å². The number of aromatic amines is 1. The van der Waals surface area contributed by atoms with Crippen molar-refractivity contribution in [1.29, 1.82) is 0 Å². The molecule has 0 bridgehead atoms. The van der Waals surface area contributed by atoms with Crippen LogP contribution >= 0.6 is 11.6 Å². The second-order valence-electron chi connectivity index (χ2n) is 5.08. The van der Waals surface area contributed by atoms with E-state index in [1.54, 1.807) is 38.6 Å². The highest BCUT2D eigenvalue weighted by atomic mass is 35.5. The number of fused-ring (bicyclic) bond motifs is 1. The molecular weight excluding hydrogens is 316 g/mol. The number of halogens is 1. The van der Waals surface area contributed by atoms with Crippen molar-refractivity contribution in [3.05, 3.63) is 63.3 Å². The number of aromatic nitrogens is 2. The van der Waals surface area contributed by atoms with Gasteiger partial charge >= 0.3 is 0 Å². The average Bonchev–Trinajstić information content (AvgIpc) is 2.56. The number of hydrogen-bond acceptors (Lipinski definition) is 4. The van der Waals surface area contributed by atoms with E-state index in [-0.39, 0.29) is 5.56 Å². The molecule has 3 aromatic rings. The number of H-pyrrole nitrogens is 1. The first-order valence-electron chi connectivity index (χ1n) is 6.99. The predicted molar refractivity (Wildman–Crippen MR) is 89.7 cm³/mol. The minimum atomic E-state index is -0.166. The fraction of sp³-hybridized carbons (Fsp3) is 0.176. The lowest BCUT2D eigenvalue weighted by Gasteiger charge is -2.10. The van der Waals surface area contributed by atoms with Crippen molar-refractivity contribution in [3.63, 3.8) is 0 Å². The van der Waals surface area contributed by atoms with E-state index in [0.29, 0.717) is 28.5 Å². The Labute approximate surface area is 137 Å². The first-order chi connectivity index (χ1) is 11.1. The maximum atomic E-state index is 12.3. The fourth-order valence-corrected chi connectivity index (χ4v) is 2.59. The lowest BCUT2D eigenvalue weighted by molar-refractivity contribution is 0.356. The van der Waals surface area contributed by atoms with Gasteiger partial charge in [0.25, 0.3) is 5.56 Å². The Hall–Kier alpha value is -2.53. The lowest BCUT2D eigenvalue weighted by Crippen LogP contribution is -2.10. The highest BCUT2D eigenvalue weighted by Gasteiger charge is 2.10. The zero-order valence-electron chi connectivity index (χ0n) is 12.7. The number of nitrogens with zero attached hydrogens (tertiary/aromatic N) is 1. The largest absolute Gasteiger partial charge is 0.493 e. The highest BCUT2D eigenvalue weighted by molar-refractivity contribution is 6.29. The first kappa shape index (κ1) is 15.4. The van der Waals surface area contributed by atoms with Gasteiger partial charge in [-0.3, -0.25) is 4.79 Å². The van der Waals surface area contributed by atoms with Crippen molar-refractivity contribution in [1.82, 2.24) is 9.97 Å². The minimum Gasteiger partial charge on any atom is -0.493 e. The van der Waals surface area contributed by atoms with Gasteiger partial charge in [0.1, 0.15) is 5.15 Å². The molecule has 0 saturated carbocycles. The number of rotatable bonds is 4. The Kier molecular flexibility index (Phi) is 4.21. The summed E-state index contributed by atoms with van der Waals surface area (Å²) in [4.78, 5) is 19.3. The molecule has 0 atom stereocenters. The Morgan fingerprint density at radius 2 is 1.87 bits per heavy atom. The van der Waals surface area contributed by atoms with Crippen molar-refractivity contribution >= 4 is 22.4 Å². The Morgan fingerprint density at radius 3 is 2.52 bits per heavy atom. The average molecular weight is 331 g/mol. The van der Waals surface area contributed by atoms with Crippen LogP contribution in [0.4, 0.5) is 0 Å². The molecule has 118 valence electrons. The number of pyridine rings is 2. The Balaban J connectivity index is 2.06. The van der Waals surface area contributed by atoms with Crippen LogP contribution in [-0.2, 0) is 6.42 Å². The van der Waals surface area contributed by atoms with Gasteiger partial charge in [-0.15, -0.1) is 0 Å². The molecule has 2 heterocycles. The van der Waals surface area contributed by atoms with E-state index in [2.05, 4.69) is 9.97 Å². The molecule has 2 aromatic heterocycles. The Bertz CT molecular complexity index is 904. The highest BCUT2D eigenvalue weighted by Crippen LogP contribution is 2.31. The molecule has 23 heavy (non-hydrogen) atoms. The third-order valence-electron chi connectivity index (χ3n) is 3.59. The van der Waals surface area contributed by atoms with Crippen LogP contribution in [0.3, 0.4) is 0 Å². The molecule has 0 aliphatic rings. The van der Waals surface area contributed by atoms with E-state index in [9.17, 15) is 4.79 Å². The molecule has 5 nitrogen and oxygen atoms in total. The third-order valence-corrected chi connectivity index (χ3v) is 3.81. The summed E-state index contributed by atoms with van der Waals surface area (Å²) in [6.07, 6.45) is 2.25. The molecule has 1 aromatic carbocycles. The van der Waals surface area contributed by atoms with Crippen LogP contribution < -0.4 is 15.0 Å². The van der Waals surface area contributed by atoms with Gasteiger partial charge in [-0.1, -0.05) is 17.7 Å². The number of methoxy groups -OCH3 is 2. The second kappa shape index (κ2) is 6.30. The summed E-state index contributed by atoms with van der Waals surface area (Å²) in [5.74, 6) is 1.12. The van der Waals surface area contributed by atoms with Crippen LogP contribution in [0, 0.1) is 0 Å². The van der Waals surface area contributed by atoms with Gasteiger partial charge in [0, 0.05) is 18.3 Å². The number of nitrogens with one attached hydrogen (secondary N) is 1. The van der Waals surface area contributed by atoms with Gasteiger partial charge in [0.05, 0.1) is 19.6 Å². The maximum Gasteiger partial charge on any atom is 0.256 e. The topological polar surface area (TPSA) is 64.2 Å². The van der Waals surface area contributed by atoms with Crippen molar-refractivity contribution in [3.8, 4) is 11.5 Å². The monoisotopic (exact) mass is 330 g/mol. The predicted octanol–water partition coefficient (Wildman–Crippen LogP) is 3.18. The molecule has 0 unspecified atom stereocenters. The summed E-state index contributed by atoms with van der Waals surface area (Å²) >= 11 is 5.79. The molecule has 0 spiro atoms. The molecule has 0 aliphatic heterocycles. The molecular formula is C17H15ClN2O3. The fourth-order valence-electron chi connectivity index (χ4n) is 2.47.